The molecule has 8 heteroatoms. The van der Waals surface area contributed by atoms with Gasteiger partial charge in [0.1, 0.15) is 30.8 Å². The smallest absolute Gasteiger partial charge is 0.407 e. The van der Waals surface area contributed by atoms with E-state index in [1.165, 1.54) is 0 Å². The van der Waals surface area contributed by atoms with Gasteiger partial charge in [-0.25, -0.2) is 9.59 Å². The Balaban J connectivity index is 1.24. The summed E-state index contributed by atoms with van der Waals surface area (Å²) in [5, 5.41) is 12.8. The normalized spacial score (nSPS) is 12.7. The maximum absolute atomic E-state index is 12.7. The van der Waals surface area contributed by atoms with Gasteiger partial charge in [-0.05, 0) is 52.1 Å². The molecule has 0 spiro atoms. The number of para-hydroxylation sites is 1. The molecule has 1 aliphatic carbocycles. The number of rotatable bonds is 10. The summed E-state index contributed by atoms with van der Waals surface area (Å²) >= 11 is 6.19. The molecule has 1 aliphatic rings. The monoisotopic (exact) mass is 557 g/mol. The number of hydrogen-bond donors (Lipinski definition) is 2. The number of fused-ring (bicyclic) bond motifs is 3. The van der Waals surface area contributed by atoms with Crippen molar-refractivity contribution in [1.29, 1.82) is 0 Å². The molecule has 0 saturated heterocycles. The minimum absolute atomic E-state index is 0.0443. The van der Waals surface area contributed by atoms with Crippen LogP contribution in [0, 0.1) is 0 Å². The molecule has 0 aromatic heterocycles. The van der Waals surface area contributed by atoms with Gasteiger partial charge < -0.3 is 24.6 Å². The second-order valence-corrected chi connectivity index (χ2v) is 9.84. The molecule has 0 radical (unpaired) electrons. The summed E-state index contributed by atoms with van der Waals surface area (Å²) in [4.78, 5) is 24.8. The fraction of sp³-hybridized carbons (Fsp3) is 0.188. The van der Waals surface area contributed by atoms with E-state index in [2.05, 4.69) is 17.4 Å². The van der Waals surface area contributed by atoms with Crippen LogP contribution in [0.2, 0.25) is 5.02 Å². The Bertz CT molecular complexity index is 1490. The maximum Gasteiger partial charge on any atom is 0.407 e. The highest BCUT2D eigenvalue weighted by molar-refractivity contribution is 6.32. The molecule has 1 unspecified atom stereocenters. The first kappa shape index (κ1) is 27.1. The van der Waals surface area contributed by atoms with Crippen LogP contribution in [0.25, 0.3) is 11.1 Å². The fourth-order valence-corrected chi connectivity index (χ4v) is 5.20. The second-order valence-electron chi connectivity index (χ2n) is 9.43. The fourth-order valence-electron chi connectivity index (χ4n) is 5.01. The Morgan fingerprint density at radius 2 is 1.55 bits per heavy atom. The third kappa shape index (κ3) is 5.90. The molecule has 5 rings (SSSR count). The maximum atomic E-state index is 12.7. The lowest BCUT2D eigenvalue weighted by Crippen LogP contribution is -2.42. The summed E-state index contributed by atoms with van der Waals surface area (Å²) in [6.07, 6.45) is -0.743. The van der Waals surface area contributed by atoms with Crippen molar-refractivity contribution in [1.82, 2.24) is 5.32 Å². The molecule has 0 fully saturated rings. The number of aliphatic carboxylic acids is 1. The molecule has 1 amide bonds. The number of hydrogen-bond acceptors (Lipinski definition) is 5. The third-order valence-corrected chi connectivity index (χ3v) is 7.25. The van der Waals surface area contributed by atoms with E-state index in [0.29, 0.717) is 27.6 Å². The van der Waals surface area contributed by atoms with Crippen LogP contribution in [-0.4, -0.2) is 36.9 Å². The summed E-state index contributed by atoms with van der Waals surface area (Å²) in [6, 6.07) is 27.3. The van der Waals surface area contributed by atoms with Crippen molar-refractivity contribution in [3.8, 4) is 22.6 Å². The van der Waals surface area contributed by atoms with Crippen molar-refractivity contribution in [2.45, 2.75) is 25.0 Å². The molecule has 0 bridgehead atoms. The molecular formula is C32H28ClNO6. The molecule has 0 aliphatic heterocycles. The molecule has 4 aromatic rings. The predicted molar refractivity (Wildman–Crippen MR) is 152 cm³/mol. The van der Waals surface area contributed by atoms with E-state index in [-0.39, 0.29) is 25.6 Å². The Hall–Kier alpha value is -4.49. The number of alkyl carbamates (subject to hydrolysis) is 1. The zero-order chi connectivity index (χ0) is 28.1. The van der Waals surface area contributed by atoms with Crippen LogP contribution in [0.1, 0.15) is 28.2 Å². The second kappa shape index (κ2) is 12.1. The number of carboxylic acid groups (broad SMARTS) is 1. The van der Waals surface area contributed by atoms with E-state index < -0.39 is 18.1 Å². The lowest BCUT2D eigenvalue weighted by Gasteiger charge is -2.18. The number of carboxylic acids is 1. The Morgan fingerprint density at radius 1 is 0.900 bits per heavy atom. The standard InChI is InChI=1S/C32H28ClNO6/c1-38-29-15-14-20(16-21(29)18-39-30-13-7-6-12-27(30)33)17-28(31(35)36)34-32(37)40-19-26-24-10-4-2-8-22(24)23-9-3-5-11-25(23)26/h2-16,26,28H,17-19H2,1H3,(H,34,37)(H,35,36). The highest BCUT2D eigenvalue weighted by atomic mass is 35.5. The first-order valence-corrected chi connectivity index (χ1v) is 13.2. The zero-order valence-corrected chi connectivity index (χ0v) is 22.6. The highest BCUT2D eigenvalue weighted by Crippen LogP contribution is 2.44. The predicted octanol–water partition coefficient (Wildman–Crippen LogP) is 6.46. The van der Waals surface area contributed by atoms with Gasteiger partial charge in [-0.3, -0.25) is 0 Å². The Labute approximate surface area is 237 Å². The largest absolute Gasteiger partial charge is 0.496 e. The number of halogens is 1. The van der Waals surface area contributed by atoms with E-state index in [9.17, 15) is 14.7 Å². The van der Waals surface area contributed by atoms with E-state index in [4.69, 9.17) is 25.8 Å². The average molecular weight is 558 g/mol. The van der Waals surface area contributed by atoms with Crippen LogP contribution >= 0.6 is 11.6 Å². The summed E-state index contributed by atoms with van der Waals surface area (Å²) in [6.45, 7) is 0.260. The van der Waals surface area contributed by atoms with Crippen molar-refractivity contribution in [3.05, 3.63) is 118 Å². The molecule has 4 aromatic carbocycles. The SMILES string of the molecule is COc1ccc(CC(NC(=O)OCC2c3ccccc3-c3ccccc32)C(=O)O)cc1COc1ccccc1Cl. The van der Waals surface area contributed by atoms with Crippen molar-refractivity contribution in [2.24, 2.45) is 0 Å². The molecule has 7 nitrogen and oxygen atoms in total. The number of methoxy groups -OCH3 is 1. The van der Waals surface area contributed by atoms with E-state index >= 15 is 0 Å². The van der Waals surface area contributed by atoms with Gasteiger partial charge in [-0.1, -0.05) is 78.3 Å². The minimum atomic E-state index is -1.19. The summed E-state index contributed by atoms with van der Waals surface area (Å²) < 4.78 is 16.8. The van der Waals surface area contributed by atoms with Gasteiger partial charge in [-0.15, -0.1) is 0 Å². The molecular weight excluding hydrogens is 530 g/mol. The molecule has 1 atom stereocenters. The topological polar surface area (TPSA) is 94.1 Å². The van der Waals surface area contributed by atoms with Crippen LogP contribution in [-0.2, 0) is 22.6 Å². The van der Waals surface area contributed by atoms with Crippen LogP contribution in [0.3, 0.4) is 0 Å². The molecule has 40 heavy (non-hydrogen) atoms. The molecule has 2 N–H and O–H groups in total. The number of ether oxygens (including phenoxy) is 3. The highest BCUT2D eigenvalue weighted by Gasteiger charge is 2.30. The van der Waals surface area contributed by atoms with Gasteiger partial charge >= 0.3 is 12.1 Å². The molecule has 0 saturated carbocycles. The average Bonchev–Trinajstić information content (AvgIpc) is 3.29. The van der Waals surface area contributed by atoms with Gasteiger partial charge in [0, 0.05) is 17.9 Å². The van der Waals surface area contributed by atoms with E-state index in [0.717, 1.165) is 22.3 Å². The number of carbonyl (C=O) groups excluding carboxylic acids is 1. The zero-order valence-electron chi connectivity index (χ0n) is 21.8. The quantitative estimate of drug-likeness (QED) is 0.232. The number of amides is 1. The number of carbonyl (C=O) groups is 2. The van der Waals surface area contributed by atoms with Crippen LogP contribution in [0.15, 0.2) is 91.0 Å². The van der Waals surface area contributed by atoms with Crippen LogP contribution in [0.5, 0.6) is 11.5 Å². The summed E-state index contributed by atoms with van der Waals surface area (Å²) in [5.41, 5.74) is 5.79. The van der Waals surface area contributed by atoms with Crippen molar-refractivity contribution in [3.63, 3.8) is 0 Å². The van der Waals surface area contributed by atoms with Crippen LogP contribution < -0.4 is 14.8 Å². The lowest BCUT2D eigenvalue weighted by atomic mass is 9.98. The van der Waals surface area contributed by atoms with Crippen molar-refractivity contribution >= 4 is 23.7 Å². The van der Waals surface area contributed by atoms with Gasteiger partial charge in [0.25, 0.3) is 0 Å². The number of nitrogens with one attached hydrogen (secondary N) is 1. The Kier molecular flexibility index (Phi) is 8.22. The van der Waals surface area contributed by atoms with Crippen LogP contribution in [0.4, 0.5) is 4.79 Å². The van der Waals surface area contributed by atoms with E-state index in [1.807, 2.05) is 48.5 Å². The van der Waals surface area contributed by atoms with Gasteiger partial charge in [-0.2, -0.15) is 0 Å². The lowest BCUT2D eigenvalue weighted by molar-refractivity contribution is -0.139. The first-order valence-electron chi connectivity index (χ1n) is 12.8. The van der Waals surface area contributed by atoms with Gasteiger partial charge in [0.2, 0.25) is 0 Å². The minimum Gasteiger partial charge on any atom is -0.496 e. The van der Waals surface area contributed by atoms with E-state index in [1.54, 1.807) is 37.4 Å². The van der Waals surface area contributed by atoms with Crippen molar-refractivity contribution < 1.29 is 28.9 Å². The van der Waals surface area contributed by atoms with Crippen molar-refractivity contribution in [2.75, 3.05) is 13.7 Å². The Morgan fingerprint density at radius 3 is 2.20 bits per heavy atom. The van der Waals surface area contributed by atoms with Gasteiger partial charge in [0.05, 0.1) is 12.1 Å². The first-order chi connectivity index (χ1) is 19.4. The molecule has 204 valence electrons. The summed E-state index contributed by atoms with van der Waals surface area (Å²) in [5.74, 6) is -0.175. The third-order valence-electron chi connectivity index (χ3n) is 6.94. The summed E-state index contributed by atoms with van der Waals surface area (Å²) in [7, 11) is 1.55. The number of benzene rings is 4. The van der Waals surface area contributed by atoms with Gasteiger partial charge in [0.15, 0.2) is 0 Å². The molecule has 0 heterocycles.